The monoisotopic (exact) mass is 630 g/mol. The van der Waals surface area contributed by atoms with Crippen molar-refractivity contribution in [3.8, 4) is 5.75 Å². The molecule has 0 bridgehead atoms. The molecule has 4 rings (SSSR count). The van der Waals surface area contributed by atoms with Crippen LogP contribution in [0.5, 0.6) is 5.75 Å². The van der Waals surface area contributed by atoms with Crippen LogP contribution in [0.2, 0.25) is 0 Å². The van der Waals surface area contributed by atoms with E-state index < -0.39 is 59.9 Å². The normalized spacial score (nSPS) is 14.2. The number of aldehydes is 1. The van der Waals surface area contributed by atoms with Gasteiger partial charge >= 0.3 is 0 Å². The predicted octanol–water partition coefficient (Wildman–Crippen LogP) is 0.772. The molecule has 242 valence electrons. The number of rotatable bonds is 14. The van der Waals surface area contributed by atoms with Crippen molar-refractivity contribution >= 4 is 51.5 Å². The standard InChI is InChI=1S/C33H38N6O7/c1-32(2,18-41)36-16-27(42)33(3,38-29(44)23-13-12-19-8-4-5-10-22(19)28(23)43)39-31(46)26(17-40)37-30(45)24(34)14-20-15-35-25-11-7-6-9-21(20)25/h4-13,15,18,24,26,35-36,40,43H,14,16-17,34H2,1-3H3,(H,37,45)(H,38,44)(H,39,46)/t24-,26-,33?/m1/s1. The molecule has 0 aliphatic rings. The molecule has 3 amide bonds. The Hall–Kier alpha value is -5.11. The smallest absolute Gasteiger partial charge is 0.257 e. The van der Waals surface area contributed by atoms with E-state index in [1.54, 1.807) is 36.5 Å². The summed E-state index contributed by atoms with van der Waals surface area (Å²) in [6, 6.07) is 14.7. The van der Waals surface area contributed by atoms with E-state index in [1.807, 2.05) is 24.3 Å². The van der Waals surface area contributed by atoms with Crippen LogP contribution >= 0.6 is 0 Å². The summed E-state index contributed by atoms with van der Waals surface area (Å²) in [5.74, 6) is -3.71. The summed E-state index contributed by atoms with van der Waals surface area (Å²) in [6.07, 6.45) is 2.47. The highest BCUT2D eigenvalue weighted by Crippen LogP contribution is 2.29. The minimum Gasteiger partial charge on any atom is -0.506 e. The van der Waals surface area contributed by atoms with E-state index in [2.05, 4.69) is 26.3 Å². The zero-order valence-corrected chi connectivity index (χ0v) is 25.7. The zero-order chi connectivity index (χ0) is 33.6. The van der Waals surface area contributed by atoms with Crippen molar-refractivity contribution in [2.24, 2.45) is 5.73 Å². The molecule has 0 radical (unpaired) electrons. The molecule has 0 aliphatic carbocycles. The van der Waals surface area contributed by atoms with E-state index in [1.165, 1.54) is 26.8 Å². The average Bonchev–Trinajstić information content (AvgIpc) is 3.44. The van der Waals surface area contributed by atoms with Gasteiger partial charge in [0.15, 0.2) is 11.4 Å². The summed E-state index contributed by atoms with van der Waals surface area (Å²) < 4.78 is 0. The number of carbonyl (C=O) groups excluding carboxylic acids is 5. The third kappa shape index (κ3) is 7.57. The zero-order valence-electron chi connectivity index (χ0n) is 25.7. The van der Waals surface area contributed by atoms with Gasteiger partial charge in [-0.15, -0.1) is 0 Å². The number of phenolic OH excluding ortho intramolecular Hbond substituents is 1. The van der Waals surface area contributed by atoms with Gasteiger partial charge in [0.2, 0.25) is 11.8 Å². The van der Waals surface area contributed by atoms with Crippen LogP contribution in [0.15, 0.2) is 66.9 Å². The van der Waals surface area contributed by atoms with Gasteiger partial charge in [-0.1, -0.05) is 48.5 Å². The maximum absolute atomic E-state index is 13.5. The Labute approximate surface area is 264 Å². The first-order chi connectivity index (χ1) is 21.8. The van der Waals surface area contributed by atoms with Crippen LogP contribution in [0.3, 0.4) is 0 Å². The predicted molar refractivity (Wildman–Crippen MR) is 172 cm³/mol. The largest absolute Gasteiger partial charge is 0.506 e. The van der Waals surface area contributed by atoms with Crippen molar-refractivity contribution in [3.05, 3.63) is 78.0 Å². The van der Waals surface area contributed by atoms with Crippen LogP contribution in [0.4, 0.5) is 0 Å². The first-order valence-corrected chi connectivity index (χ1v) is 14.6. The van der Waals surface area contributed by atoms with Crippen LogP contribution in [0.1, 0.15) is 36.7 Å². The topological polar surface area (TPSA) is 216 Å². The molecule has 3 atom stereocenters. The number of aliphatic hydroxyl groups excluding tert-OH is 1. The molecule has 0 saturated heterocycles. The fourth-order valence-corrected chi connectivity index (χ4v) is 4.87. The Bertz CT molecular complexity index is 1780. The number of amides is 3. The number of aliphatic hydroxyl groups is 1. The molecule has 0 saturated carbocycles. The van der Waals surface area contributed by atoms with Gasteiger partial charge < -0.3 is 41.7 Å². The second-order valence-corrected chi connectivity index (χ2v) is 11.8. The van der Waals surface area contributed by atoms with Gasteiger partial charge in [0, 0.05) is 22.5 Å². The van der Waals surface area contributed by atoms with E-state index >= 15 is 0 Å². The van der Waals surface area contributed by atoms with Gasteiger partial charge in [0.25, 0.3) is 5.91 Å². The molecule has 3 aromatic carbocycles. The van der Waals surface area contributed by atoms with Crippen molar-refractivity contribution in [2.75, 3.05) is 13.2 Å². The van der Waals surface area contributed by atoms with E-state index in [0.717, 1.165) is 16.5 Å². The average molecular weight is 631 g/mol. The second-order valence-electron chi connectivity index (χ2n) is 11.8. The summed E-state index contributed by atoms with van der Waals surface area (Å²) in [5.41, 5.74) is 4.40. The number of aromatic amines is 1. The molecule has 0 spiro atoms. The molecular formula is C33H38N6O7. The van der Waals surface area contributed by atoms with Crippen molar-refractivity contribution in [1.29, 1.82) is 0 Å². The second kappa shape index (κ2) is 13.9. The van der Waals surface area contributed by atoms with Gasteiger partial charge in [-0.2, -0.15) is 0 Å². The van der Waals surface area contributed by atoms with Crippen LogP contribution in [-0.2, 0) is 25.6 Å². The molecule has 1 heterocycles. The van der Waals surface area contributed by atoms with E-state index in [9.17, 15) is 34.2 Å². The van der Waals surface area contributed by atoms with Gasteiger partial charge in [-0.05, 0) is 50.3 Å². The van der Waals surface area contributed by atoms with Gasteiger partial charge in [-0.25, -0.2) is 0 Å². The first kappa shape index (κ1) is 33.8. The molecule has 13 nitrogen and oxygen atoms in total. The number of H-pyrrole nitrogens is 1. The number of phenols is 1. The summed E-state index contributed by atoms with van der Waals surface area (Å²) in [6.45, 7) is 2.98. The van der Waals surface area contributed by atoms with Crippen LogP contribution < -0.4 is 27.0 Å². The number of Topliss-reactive ketones (excluding diaryl/α,β-unsaturated/α-hetero) is 1. The summed E-state index contributed by atoms with van der Waals surface area (Å²) in [4.78, 5) is 67.8. The molecule has 46 heavy (non-hydrogen) atoms. The lowest BCUT2D eigenvalue weighted by molar-refractivity contribution is -0.135. The number of aromatic nitrogens is 1. The minimum atomic E-state index is -2.12. The van der Waals surface area contributed by atoms with Crippen molar-refractivity contribution in [2.45, 2.75) is 50.5 Å². The van der Waals surface area contributed by atoms with E-state index in [-0.39, 0.29) is 17.7 Å². The number of ketones is 1. The molecule has 0 fully saturated rings. The van der Waals surface area contributed by atoms with Crippen LogP contribution in [-0.4, -0.2) is 81.4 Å². The lowest BCUT2D eigenvalue weighted by atomic mass is 10.0. The quantitative estimate of drug-likeness (QED) is 0.0728. The number of hydrogen-bond acceptors (Lipinski definition) is 9. The van der Waals surface area contributed by atoms with Gasteiger partial charge in [0.1, 0.15) is 18.1 Å². The molecule has 9 N–H and O–H groups in total. The number of para-hydroxylation sites is 1. The Morgan fingerprint density at radius 1 is 0.935 bits per heavy atom. The van der Waals surface area contributed by atoms with E-state index in [4.69, 9.17) is 5.73 Å². The Morgan fingerprint density at radius 3 is 2.30 bits per heavy atom. The number of nitrogens with one attached hydrogen (secondary N) is 5. The Balaban J connectivity index is 1.53. The Kier molecular flexibility index (Phi) is 10.2. The molecule has 1 aromatic heterocycles. The molecule has 0 aliphatic heterocycles. The maximum Gasteiger partial charge on any atom is 0.257 e. The lowest BCUT2D eigenvalue weighted by Crippen LogP contribution is -2.68. The summed E-state index contributed by atoms with van der Waals surface area (Å²) >= 11 is 0. The van der Waals surface area contributed by atoms with Crippen LogP contribution in [0.25, 0.3) is 21.7 Å². The van der Waals surface area contributed by atoms with Gasteiger partial charge in [0.05, 0.1) is 30.3 Å². The number of aromatic hydroxyl groups is 1. The van der Waals surface area contributed by atoms with Crippen LogP contribution in [0, 0.1) is 0 Å². The molecular weight excluding hydrogens is 592 g/mol. The van der Waals surface area contributed by atoms with Gasteiger partial charge in [-0.3, -0.25) is 24.5 Å². The number of fused-ring (bicyclic) bond motifs is 2. The summed E-state index contributed by atoms with van der Waals surface area (Å²) in [7, 11) is 0. The number of benzene rings is 3. The third-order valence-electron chi connectivity index (χ3n) is 7.71. The van der Waals surface area contributed by atoms with Crippen molar-refractivity contribution < 1.29 is 34.2 Å². The summed E-state index contributed by atoms with van der Waals surface area (Å²) in [5, 5.41) is 32.9. The number of hydrogen-bond donors (Lipinski definition) is 8. The maximum atomic E-state index is 13.5. The highest BCUT2D eigenvalue weighted by Gasteiger charge is 2.39. The molecule has 4 aromatic rings. The minimum absolute atomic E-state index is 0.134. The van der Waals surface area contributed by atoms with E-state index in [0.29, 0.717) is 17.1 Å². The fourth-order valence-electron chi connectivity index (χ4n) is 4.87. The van der Waals surface area contributed by atoms with Crippen molar-refractivity contribution in [3.63, 3.8) is 0 Å². The highest BCUT2D eigenvalue weighted by atomic mass is 16.3. The first-order valence-electron chi connectivity index (χ1n) is 14.6. The highest BCUT2D eigenvalue weighted by molar-refractivity contribution is 6.07. The Morgan fingerprint density at radius 2 is 1.61 bits per heavy atom. The van der Waals surface area contributed by atoms with Crippen molar-refractivity contribution in [1.82, 2.24) is 26.3 Å². The number of nitrogens with two attached hydrogens (primary N) is 1. The number of carbonyl (C=O) groups is 5. The fraction of sp³-hybridized carbons (Fsp3) is 0.303. The SMILES string of the molecule is CC(C)(C=O)NCC(=O)C(C)(NC(=O)c1ccc2ccccc2c1O)NC(=O)[C@@H](CO)NC(=O)[C@H](N)Cc1c[nH]c2ccccc12. The molecule has 13 heteroatoms. The third-order valence-corrected chi connectivity index (χ3v) is 7.71. The lowest BCUT2D eigenvalue weighted by Gasteiger charge is -2.33. The molecule has 1 unspecified atom stereocenters.